The van der Waals surface area contributed by atoms with Crippen molar-refractivity contribution in [2.75, 3.05) is 0 Å². The lowest BCUT2D eigenvalue weighted by Gasteiger charge is -2.07. The van der Waals surface area contributed by atoms with Crippen LogP contribution in [0.5, 0.6) is 0 Å². The number of aromatic nitrogens is 1. The zero-order valence-electron chi connectivity index (χ0n) is 6.87. The van der Waals surface area contributed by atoms with Gasteiger partial charge in [0.1, 0.15) is 5.15 Å². The van der Waals surface area contributed by atoms with Crippen LogP contribution in [0.2, 0.25) is 10.2 Å². The molecule has 70 valence electrons. The molecule has 0 radical (unpaired) electrons. The Kier molecular flexibility index (Phi) is 3.72. The molecule has 0 spiro atoms. The van der Waals surface area contributed by atoms with Crippen LogP contribution in [0.4, 0.5) is 0 Å². The number of aliphatic hydroxyl groups is 1. The second-order valence-electron chi connectivity index (χ2n) is 2.58. The van der Waals surface area contributed by atoms with Gasteiger partial charge in [0.15, 0.2) is 0 Å². The van der Waals surface area contributed by atoms with Crippen molar-refractivity contribution >= 4 is 23.2 Å². The van der Waals surface area contributed by atoms with Gasteiger partial charge in [0, 0.05) is 11.8 Å². The SMILES string of the molecule is C=CCC(O)c1cnc(Cl)c(Cl)c1. The van der Waals surface area contributed by atoms with E-state index in [1.807, 2.05) is 0 Å². The van der Waals surface area contributed by atoms with Crippen LogP contribution in [0.1, 0.15) is 18.1 Å². The highest BCUT2D eigenvalue weighted by Gasteiger charge is 2.08. The second-order valence-corrected chi connectivity index (χ2v) is 3.35. The zero-order valence-corrected chi connectivity index (χ0v) is 8.39. The lowest BCUT2D eigenvalue weighted by molar-refractivity contribution is 0.181. The van der Waals surface area contributed by atoms with E-state index in [-0.39, 0.29) is 5.15 Å². The average Bonchev–Trinajstić information content (AvgIpc) is 2.10. The average molecular weight is 218 g/mol. The molecule has 0 amide bonds. The van der Waals surface area contributed by atoms with E-state index in [1.54, 1.807) is 12.1 Å². The fourth-order valence-corrected chi connectivity index (χ4v) is 1.19. The number of hydrogen-bond acceptors (Lipinski definition) is 2. The second kappa shape index (κ2) is 4.61. The maximum atomic E-state index is 9.52. The van der Waals surface area contributed by atoms with Gasteiger partial charge in [-0.05, 0) is 12.5 Å². The predicted octanol–water partition coefficient (Wildman–Crippen LogP) is 3.00. The Morgan fingerprint density at radius 1 is 1.62 bits per heavy atom. The van der Waals surface area contributed by atoms with Gasteiger partial charge < -0.3 is 5.11 Å². The van der Waals surface area contributed by atoms with Crippen molar-refractivity contribution < 1.29 is 5.11 Å². The quantitative estimate of drug-likeness (QED) is 0.624. The van der Waals surface area contributed by atoms with Gasteiger partial charge in [-0.3, -0.25) is 0 Å². The van der Waals surface area contributed by atoms with E-state index < -0.39 is 6.10 Å². The molecule has 1 rings (SSSR count). The third-order valence-electron chi connectivity index (χ3n) is 1.59. The summed E-state index contributed by atoms with van der Waals surface area (Å²) in [6.45, 7) is 3.53. The minimum atomic E-state index is -0.611. The third kappa shape index (κ3) is 2.69. The lowest BCUT2D eigenvalue weighted by Crippen LogP contribution is -1.96. The fourth-order valence-electron chi connectivity index (χ4n) is 0.912. The van der Waals surface area contributed by atoms with Gasteiger partial charge in [0.05, 0.1) is 11.1 Å². The zero-order chi connectivity index (χ0) is 9.84. The lowest BCUT2D eigenvalue weighted by atomic mass is 10.1. The predicted molar refractivity (Wildman–Crippen MR) is 54.0 cm³/mol. The van der Waals surface area contributed by atoms with E-state index in [0.717, 1.165) is 0 Å². The number of hydrogen-bond donors (Lipinski definition) is 1. The molecular formula is C9H9Cl2NO. The maximum absolute atomic E-state index is 9.52. The van der Waals surface area contributed by atoms with Crippen LogP contribution >= 0.6 is 23.2 Å². The standard InChI is InChI=1S/C9H9Cl2NO/c1-2-3-8(13)6-4-7(10)9(11)12-5-6/h2,4-5,8,13H,1,3H2. The van der Waals surface area contributed by atoms with Crippen molar-refractivity contribution in [1.29, 1.82) is 0 Å². The van der Waals surface area contributed by atoms with Crippen molar-refractivity contribution in [3.8, 4) is 0 Å². The molecule has 0 fully saturated rings. The van der Waals surface area contributed by atoms with Gasteiger partial charge in [-0.1, -0.05) is 29.3 Å². The van der Waals surface area contributed by atoms with Crippen molar-refractivity contribution in [1.82, 2.24) is 4.98 Å². The Bertz CT molecular complexity index is 314. The summed E-state index contributed by atoms with van der Waals surface area (Å²) in [5.74, 6) is 0. The molecular weight excluding hydrogens is 209 g/mol. The van der Waals surface area contributed by atoms with E-state index in [1.165, 1.54) is 6.20 Å². The first-order valence-electron chi connectivity index (χ1n) is 3.75. The van der Waals surface area contributed by atoms with E-state index in [2.05, 4.69) is 11.6 Å². The minimum absolute atomic E-state index is 0.246. The summed E-state index contributed by atoms with van der Waals surface area (Å²) in [6.07, 6.45) is 3.00. The van der Waals surface area contributed by atoms with Crippen LogP contribution in [-0.4, -0.2) is 10.1 Å². The molecule has 1 unspecified atom stereocenters. The third-order valence-corrected chi connectivity index (χ3v) is 2.28. The van der Waals surface area contributed by atoms with Crippen molar-refractivity contribution in [2.45, 2.75) is 12.5 Å². The molecule has 1 N–H and O–H groups in total. The van der Waals surface area contributed by atoms with Crippen LogP contribution in [0, 0.1) is 0 Å². The normalized spacial score (nSPS) is 12.5. The first-order valence-corrected chi connectivity index (χ1v) is 4.50. The summed E-state index contributed by atoms with van der Waals surface area (Å²) < 4.78 is 0. The van der Waals surface area contributed by atoms with Crippen LogP contribution in [-0.2, 0) is 0 Å². The largest absolute Gasteiger partial charge is 0.388 e. The first kappa shape index (κ1) is 10.5. The topological polar surface area (TPSA) is 33.1 Å². The maximum Gasteiger partial charge on any atom is 0.147 e. The molecule has 0 aliphatic rings. The molecule has 0 aromatic carbocycles. The fraction of sp³-hybridized carbons (Fsp3) is 0.222. The van der Waals surface area contributed by atoms with E-state index in [0.29, 0.717) is 17.0 Å². The Hall–Kier alpha value is -0.570. The van der Waals surface area contributed by atoms with Gasteiger partial charge in [-0.15, -0.1) is 6.58 Å². The van der Waals surface area contributed by atoms with Crippen LogP contribution in [0.15, 0.2) is 24.9 Å². The molecule has 0 aliphatic heterocycles. The molecule has 1 heterocycles. The van der Waals surface area contributed by atoms with Gasteiger partial charge in [0.25, 0.3) is 0 Å². The highest BCUT2D eigenvalue weighted by atomic mass is 35.5. The van der Waals surface area contributed by atoms with Crippen LogP contribution in [0.25, 0.3) is 0 Å². The summed E-state index contributed by atoms with van der Waals surface area (Å²) in [4.78, 5) is 3.82. The highest BCUT2D eigenvalue weighted by Crippen LogP contribution is 2.24. The number of halogens is 2. The van der Waals surface area contributed by atoms with E-state index in [9.17, 15) is 5.11 Å². The Morgan fingerprint density at radius 2 is 2.31 bits per heavy atom. The van der Waals surface area contributed by atoms with E-state index >= 15 is 0 Å². The monoisotopic (exact) mass is 217 g/mol. The molecule has 0 saturated carbocycles. The Balaban J connectivity index is 2.89. The molecule has 2 nitrogen and oxygen atoms in total. The van der Waals surface area contributed by atoms with Gasteiger partial charge in [-0.2, -0.15) is 0 Å². The van der Waals surface area contributed by atoms with Gasteiger partial charge >= 0.3 is 0 Å². The number of rotatable bonds is 3. The van der Waals surface area contributed by atoms with Crippen molar-refractivity contribution in [2.24, 2.45) is 0 Å². The molecule has 1 aromatic rings. The first-order chi connectivity index (χ1) is 6.15. The molecule has 4 heteroatoms. The van der Waals surface area contributed by atoms with Gasteiger partial charge in [-0.25, -0.2) is 4.98 Å². The Labute approximate surface area is 86.8 Å². The number of pyridine rings is 1. The smallest absolute Gasteiger partial charge is 0.147 e. The van der Waals surface area contributed by atoms with E-state index in [4.69, 9.17) is 23.2 Å². The van der Waals surface area contributed by atoms with Crippen LogP contribution in [0.3, 0.4) is 0 Å². The van der Waals surface area contributed by atoms with Gasteiger partial charge in [0.2, 0.25) is 0 Å². The van der Waals surface area contributed by atoms with Crippen molar-refractivity contribution in [3.05, 3.63) is 40.7 Å². The molecule has 0 aliphatic carbocycles. The molecule has 13 heavy (non-hydrogen) atoms. The number of nitrogens with zero attached hydrogens (tertiary/aromatic N) is 1. The number of aliphatic hydroxyl groups excluding tert-OH is 1. The minimum Gasteiger partial charge on any atom is -0.388 e. The molecule has 0 saturated heterocycles. The summed E-state index contributed by atoms with van der Waals surface area (Å²) in [5, 5.41) is 10.1. The summed E-state index contributed by atoms with van der Waals surface area (Å²) in [5.41, 5.74) is 0.648. The Morgan fingerprint density at radius 3 is 2.85 bits per heavy atom. The molecule has 1 atom stereocenters. The summed E-state index contributed by atoms with van der Waals surface area (Å²) in [7, 11) is 0. The highest BCUT2D eigenvalue weighted by molar-refractivity contribution is 6.41. The van der Waals surface area contributed by atoms with Crippen LogP contribution < -0.4 is 0 Å². The molecule has 1 aromatic heterocycles. The van der Waals surface area contributed by atoms with Crippen molar-refractivity contribution in [3.63, 3.8) is 0 Å². The molecule has 0 bridgehead atoms. The summed E-state index contributed by atoms with van der Waals surface area (Å²) >= 11 is 11.3. The summed E-state index contributed by atoms with van der Waals surface area (Å²) in [6, 6.07) is 1.60.